The highest BCUT2D eigenvalue weighted by Gasteiger charge is 2.49. The molecule has 0 saturated carbocycles. The molecule has 41 heavy (non-hydrogen) atoms. The average molecular weight is 563 g/mol. The van der Waals surface area contributed by atoms with E-state index in [0.717, 1.165) is 32.2 Å². The summed E-state index contributed by atoms with van der Waals surface area (Å²) in [4.78, 5) is 13.6. The van der Waals surface area contributed by atoms with Crippen molar-refractivity contribution >= 4 is 22.2 Å². The number of hydrogen-bond acceptors (Lipinski definition) is 6. The van der Waals surface area contributed by atoms with E-state index in [1.807, 2.05) is 28.9 Å². The summed E-state index contributed by atoms with van der Waals surface area (Å²) in [5.41, 5.74) is 0.556. The largest absolute Gasteiger partial charge is 0.461 e. The van der Waals surface area contributed by atoms with Crippen LogP contribution < -0.4 is 15.0 Å². The Morgan fingerprint density at radius 1 is 1.12 bits per heavy atom. The maximum Gasteiger partial charge on any atom is 0.319 e. The van der Waals surface area contributed by atoms with Crippen molar-refractivity contribution in [3.8, 4) is 17.1 Å². The van der Waals surface area contributed by atoms with Crippen LogP contribution in [0.5, 0.6) is 6.01 Å². The summed E-state index contributed by atoms with van der Waals surface area (Å²) in [5, 5.41) is 4.01. The van der Waals surface area contributed by atoms with Gasteiger partial charge >= 0.3 is 6.01 Å². The van der Waals surface area contributed by atoms with Gasteiger partial charge in [0.2, 0.25) is 0 Å². The predicted octanol–water partition coefficient (Wildman–Crippen LogP) is 5.11. The van der Waals surface area contributed by atoms with Gasteiger partial charge in [0.15, 0.2) is 5.82 Å². The lowest BCUT2D eigenvalue weighted by atomic mass is 9.95. The summed E-state index contributed by atoms with van der Waals surface area (Å²) in [7, 11) is 0. The molecule has 4 atom stereocenters. The predicted molar refractivity (Wildman–Crippen MR) is 151 cm³/mol. The maximum atomic E-state index is 16.5. The standard InChI is InChI=1S/C31H33F3N6O/c1-30-9-7-20(37-30)16-39(17-30)28-22-13-23(33)25(21-5-2-10-38-11-3-6-24(21)38)26(34)27(22)35-29(36-28)41-18-31-8-4-12-40(31)15-19(32)14-31/h2-3,5-6,10-11,13,19-20,37H,4,7-9,12,14-18H2,1H3/t19-,20-,30+,31+/m1/s1. The summed E-state index contributed by atoms with van der Waals surface area (Å²) < 4.78 is 54.9. The number of alkyl halides is 1. The number of pyridine rings is 1. The number of fused-ring (bicyclic) bond motifs is 5. The van der Waals surface area contributed by atoms with Gasteiger partial charge in [-0.25, -0.2) is 13.2 Å². The van der Waals surface area contributed by atoms with Crippen LogP contribution in [0.3, 0.4) is 0 Å². The number of nitrogens with zero attached hydrogens (tertiary/aromatic N) is 5. The van der Waals surface area contributed by atoms with Gasteiger partial charge in [-0.05, 0) is 63.4 Å². The summed E-state index contributed by atoms with van der Waals surface area (Å²) in [6.07, 6.45) is 7.11. The zero-order chi connectivity index (χ0) is 27.9. The minimum atomic E-state index is -0.885. The van der Waals surface area contributed by atoms with Crippen LogP contribution >= 0.6 is 0 Å². The Hall–Kier alpha value is -3.37. The highest BCUT2D eigenvalue weighted by atomic mass is 19.1. The van der Waals surface area contributed by atoms with Gasteiger partial charge in [-0.3, -0.25) is 4.90 Å². The van der Waals surface area contributed by atoms with Crippen LogP contribution in [0.4, 0.5) is 19.0 Å². The van der Waals surface area contributed by atoms with Crippen molar-refractivity contribution < 1.29 is 17.9 Å². The molecule has 0 aliphatic carbocycles. The van der Waals surface area contributed by atoms with Crippen molar-refractivity contribution in [2.45, 2.75) is 62.3 Å². The Labute approximate surface area is 236 Å². The van der Waals surface area contributed by atoms with Gasteiger partial charge in [0.05, 0.1) is 16.6 Å². The first-order valence-electron chi connectivity index (χ1n) is 14.6. The number of benzene rings is 1. The fourth-order valence-electron chi connectivity index (χ4n) is 7.95. The highest BCUT2D eigenvalue weighted by Crippen LogP contribution is 2.42. The zero-order valence-electron chi connectivity index (χ0n) is 23.0. The van der Waals surface area contributed by atoms with Gasteiger partial charge in [-0.1, -0.05) is 6.07 Å². The zero-order valence-corrected chi connectivity index (χ0v) is 23.0. The van der Waals surface area contributed by atoms with Crippen molar-refractivity contribution in [3.63, 3.8) is 0 Å². The summed E-state index contributed by atoms with van der Waals surface area (Å²) in [5.74, 6) is -0.921. The third kappa shape index (κ3) is 4.01. The van der Waals surface area contributed by atoms with Crippen molar-refractivity contribution in [1.82, 2.24) is 24.6 Å². The lowest BCUT2D eigenvalue weighted by molar-refractivity contribution is 0.107. The Morgan fingerprint density at radius 2 is 1.98 bits per heavy atom. The molecule has 8 rings (SSSR count). The lowest BCUT2D eigenvalue weighted by Crippen LogP contribution is -2.58. The second-order valence-electron chi connectivity index (χ2n) is 12.7. The lowest BCUT2D eigenvalue weighted by Gasteiger charge is -2.40. The average Bonchev–Trinajstić information content (AvgIpc) is 3.70. The first kappa shape index (κ1) is 25.3. The molecule has 1 N–H and O–H groups in total. The molecule has 4 aliphatic rings. The molecule has 10 heteroatoms. The van der Waals surface area contributed by atoms with Crippen LogP contribution in [-0.2, 0) is 0 Å². The molecule has 4 saturated heterocycles. The monoisotopic (exact) mass is 562 g/mol. The molecular weight excluding hydrogens is 529 g/mol. The smallest absolute Gasteiger partial charge is 0.319 e. The van der Waals surface area contributed by atoms with Gasteiger partial charge in [-0.15, -0.1) is 0 Å². The van der Waals surface area contributed by atoms with Crippen LogP contribution in [0.2, 0.25) is 0 Å². The number of ether oxygens (including phenoxy) is 1. The normalized spacial score (nSPS) is 29.6. The molecule has 4 aliphatic heterocycles. The highest BCUT2D eigenvalue weighted by molar-refractivity contribution is 5.95. The number of anilines is 1. The molecule has 0 amide bonds. The van der Waals surface area contributed by atoms with E-state index in [0.29, 0.717) is 48.3 Å². The molecule has 2 bridgehead atoms. The molecule has 7 nitrogen and oxygen atoms in total. The van der Waals surface area contributed by atoms with Gasteiger partial charge in [0, 0.05) is 61.0 Å². The minimum Gasteiger partial charge on any atom is -0.461 e. The fraction of sp³-hybridized carbons (Fsp3) is 0.484. The third-order valence-electron chi connectivity index (χ3n) is 9.78. The van der Waals surface area contributed by atoms with Crippen LogP contribution in [0.15, 0.2) is 42.7 Å². The van der Waals surface area contributed by atoms with Crippen LogP contribution in [0.25, 0.3) is 27.5 Å². The SMILES string of the molecule is C[C@]12CC[C@H](CN(c3nc(OC[C@@]45CCCN4C[C@H](F)C5)nc4c(F)c(-c5cccn6cccc56)c(F)cc34)C1)N2. The van der Waals surface area contributed by atoms with E-state index >= 15 is 8.78 Å². The Morgan fingerprint density at radius 3 is 2.83 bits per heavy atom. The topological polar surface area (TPSA) is 57.9 Å². The van der Waals surface area contributed by atoms with Gasteiger partial charge < -0.3 is 19.4 Å². The van der Waals surface area contributed by atoms with E-state index in [1.54, 1.807) is 12.1 Å². The number of hydrogen-bond donors (Lipinski definition) is 1. The van der Waals surface area contributed by atoms with Gasteiger partial charge in [0.25, 0.3) is 0 Å². The molecular formula is C31H33F3N6O. The summed E-state index contributed by atoms with van der Waals surface area (Å²) in [6.45, 7) is 5.01. The van der Waals surface area contributed by atoms with E-state index < -0.39 is 23.3 Å². The number of piperazine rings is 1. The number of halogens is 3. The van der Waals surface area contributed by atoms with Crippen LogP contribution in [-0.4, -0.2) is 75.3 Å². The first-order chi connectivity index (χ1) is 19.8. The number of nitrogens with one attached hydrogen (secondary N) is 1. The summed E-state index contributed by atoms with van der Waals surface area (Å²) in [6, 6.07) is 8.86. The molecule has 1 aromatic carbocycles. The number of aromatic nitrogens is 3. The molecule has 0 radical (unpaired) electrons. The molecule has 0 spiro atoms. The van der Waals surface area contributed by atoms with Crippen molar-refractivity contribution in [2.75, 3.05) is 37.7 Å². The van der Waals surface area contributed by atoms with E-state index in [-0.39, 0.29) is 35.3 Å². The first-order valence-corrected chi connectivity index (χ1v) is 14.6. The Bertz CT molecular complexity index is 1680. The molecule has 4 fully saturated rings. The molecule has 4 aromatic rings. The van der Waals surface area contributed by atoms with Crippen molar-refractivity contribution in [2.24, 2.45) is 0 Å². The van der Waals surface area contributed by atoms with Gasteiger partial charge in [-0.2, -0.15) is 9.97 Å². The second-order valence-corrected chi connectivity index (χ2v) is 12.7. The third-order valence-corrected chi connectivity index (χ3v) is 9.78. The van der Waals surface area contributed by atoms with Gasteiger partial charge in [0.1, 0.15) is 29.9 Å². The summed E-state index contributed by atoms with van der Waals surface area (Å²) >= 11 is 0. The fourth-order valence-corrected chi connectivity index (χ4v) is 7.95. The number of rotatable bonds is 5. The van der Waals surface area contributed by atoms with E-state index in [1.165, 1.54) is 6.07 Å². The van der Waals surface area contributed by atoms with Crippen molar-refractivity contribution in [3.05, 3.63) is 54.4 Å². The molecule has 214 valence electrons. The second kappa shape index (κ2) is 9.06. The van der Waals surface area contributed by atoms with Crippen molar-refractivity contribution in [1.29, 1.82) is 0 Å². The molecule has 0 unspecified atom stereocenters. The van der Waals surface area contributed by atoms with E-state index in [9.17, 15) is 4.39 Å². The van der Waals surface area contributed by atoms with E-state index in [4.69, 9.17) is 9.72 Å². The van der Waals surface area contributed by atoms with Crippen LogP contribution in [0, 0.1) is 11.6 Å². The molecule has 7 heterocycles. The van der Waals surface area contributed by atoms with Crippen LogP contribution in [0.1, 0.15) is 39.0 Å². The Kier molecular flexibility index (Phi) is 5.60. The van der Waals surface area contributed by atoms with E-state index in [2.05, 4.69) is 27.0 Å². The Balaban J connectivity index is 1.26. The maximum absolute atomic E-state index is 16.5. The minimum absolute atomic E-state index is 0.0292. The quantitative estimate of drug-likeness (QED) is 0.365. The molecule has 3 aromatic heterocycles.